The maximum absolute atomic E-state index is 12.0. The van der Waals surface area contributed by atoms with Crippen LogP contribution in [-0.2, 0) is 15.3 Å². The molecule has 0 fully saturated rings. The number of nitrogens with one attached hydrogen (secondary N) is 1. The molecule has 0 saturated heterocycles. The minimum Gasteiger partial charge on any atom is -0.462 e. The number of rotatable bonds is 8. The standard InChI is InChI=1S/C18H18N2O5S/c1-2-25-18(22)14-5-7-15(8-6-14)19-17(21)12-26-11-13-3-9-16(10-4-13)20(23)24/h3-10H,2,11-12H2,1H3,(H,19,21). The molecule has 0 aliphatic heterocycles. The van der Waals surface area contributed by atoms with E-state index in [0.717, 1.165) is 5.56 Å². The number of ether oxygens (including phenoxy) is 1. The molecule has 0 aromatic heterocycles. The first-order valence-electron chi connectivity index (χ1n) is 7.87. The Balaban J connectivity index is 1.78. The molecular weight excluding hydrogens is 356 g/mol. The number of nitro groups is 1. The summed E-state index contributed by atoms with van der Waals surface area (Å²) >= 11 is 1.41. The summed E-state index contributed by atoms with van der Waals surface area (Å²) in [5.41, 5.74) is 1.98. The molecule has 0 saturated carbocycles. The highest BCUT2D eigenvalue weighted by Gasteiger charge is 2.08. The second-order valence-corrected chi connectivity index (χ2v) is 6.25. The Hall–Kier alpha value is -2.87. The smallest absolute Gasteiger partial charge is 0.338 e. The van der Waals surface area contributed by atoms with Gasteiger partial charge in [-0.2, -0.15) is 0 Å². The van der Waals surface area contributed by atoms with Gasteiger partial charge in [0.15, 0.2) is 0 Å². The third-order valence-electron chi connectivity index (χ3n) is 3.33. The van der Waals surface area contributed by atoms with Crippen molar-refractivity contribution in [2.45, 2.75) is 12.7 Å². The number of esters is 1. The number of hydrogen-bond donors (Lipinski definition) is 1. The molecule has 0 unspecified atom stereocenters. The highest BCUT2D eigenvalue weighted by atomic mass is 32.2. The summed E-state index contributed by atoms with van der Waals surface area (Å²) < 4.78 is 4.90. The van der Waals surface area contributed by atoms with Crippen LogP contribution < -0.4 is 5.32 Å². The number of nitrogens with zero attached hydrogens (tertiary/aromatic N) is 1. The molecule has 1 amide bonds. The lowest BCUT2D eigenvalue weighted by atomic mass is 10.2. The van der Waals surface area contributed by atoms with E-state index in [9.17, 15) is 19.7 Å². The lowest BCUT2D eigenvalue weighted by molar-refractivity contribution is -0.384. The van der Waals surface area contributed by atoms with E-state index in [1.54, 1.807) is 43.3 Å². The molecule has 7 nitrogen and oxygen atoms in total. The van der Waals surface area contributed by atoms with Gasteiger partial charge in [0, 0.05) is 23.6 Å². The van der Waals surface area contributed by atoms with Crippen molar-refractivity contribution in [1.82, 2.24) is 0 Å². The van der Waals surface area contributed by atoms with E-state index in [1.807, 2.05) is 0 Å². The molecule has 26 heavy (non-hydrogen) atoms. The summed E-state index contributed by atoms with van der Waals surface area (Å²) in [6.45, 7) is 2.05. The van der Waals surface area contributed by atoms with E-state index in [0.29, 0.717) is 23.6 Å². The van der Waals surface area contributed by atoms with Gasteiger partial charge in [-0.1, -0.05) is 12.1 Å². The summed E-state index contributed by atoms with van der Waals surface area (Å²) in [6, 6.07) is 12.7. The van der Waals surface area contributed by atoms with Crippen molar-refractivity contribution in [3.8, 4) is 0 Å². The van der Waals surface area contributed by atoms with Crippen molar-refractivity contribution in [1.29, 1.82) is 0 Å². The number of non-ortho nitro benzene ring substituents is 1. The number of carbonyl (C=O) groups is 2. The average Bonchev–Trinajstić information content (AvgIpc) is 2.63. The van der Waals surface area contributed by atoms with Crippen molar-refractivity contribution < 1.29 is 19.2 Å². The summed E-state index contributed by atoms with van der Waals surface area (Å²) in [7, 11) is 0. The van der Waals surface area contributed by atoms with Crippen LogP contribution in [0.15, 0.2) is 48.5 Å². The predicted molar refractivity (Wildman–Crippen MR) is 100 cm³/mol. The van der Waals surface area contributed by atoms with Crippen LogP contribution in [0.4, 0.5) is 11.4 Å². The Bertz CT molecular complexity index is 775. The monoisotopic (exact) mass is 374 g/mol. The van der Waals surface area contributed by atoms with Gasteiger partial charge < -0.3 is 10.1 Å². The molecule has 8 heteroatoms. The van der Waals surface area contributed by atoms with Gasteiger partial charge >= 0.3 is 5.97 Å². The Morgan fingerprint density at radius 3 is 2.35 bits per heavy atom. The molecule has 0 aliphatic rings. The fourth-order valence-electron chi connectivity index (χ4n) is 2.08. The molecule has 136 valence electrons. The SMILES string of the molecule is CCOC(=O)c1ccc(NC(=O)CSCc2ccc([N+](=O)[O-])cc2)cc1. The highest BCUT2D eigenvalue weighted by Crippen LogP contribution is 2.17. The van der Waals surface area contributed by atoms with Crippen LogP contribution in [0.2, 0.25) is 0 Å². The molecule has 0 atom stereocenters. The van der Waals surface area contributed by atoms with Crippen LogP contribution >= 0.6 is 11.8 Å². The van der Waals surface area contributed by atoms with Gasteiger partial charge in [0.25, 0.3) is 5.69 Å². The molecule has 0 aliphatic carbocycles. The van der Waals surface area contributed by atoms with Gasteiger partial charge in [0.2, 0.25) is 5.91 Å². The van der Waals surface area contributed by atoms with Gasteiger partial charge in [-0.25, -0.2) is 4.79 Å². The number of nitro benzene ring substituents is 1. The second kappa shape index (κ2) is 9.57. The van der Waals surface area contributed by atoms with Crippen LogP contribution in [0.25, 0.3) is 0 Å². The third kappa shape index (κ3) is 5.89. The van der Waals surface area contributed by atoms with Crippen LogP contribution in [-0.4, -0.2) is 29.2 Å². The molecular formula is C18H18N2O5S. The summed E-state index contributed by atoms with van der Waals surface area (Å²) in [4.78, 5) is 33.7. The molecule has 0 spiro atoms. The van der Waals surface area contributed by atoms with Crippen LogP contribution in [0.5, 0.6) is 0 Å². The lowest BCUT2D eigenvalue weighted by Crippen LogP contribution is -2.14. The number of hydrogen-bond acceptors (Lipinski definition) is 6. The van der Waals surface area contributed by atoms with Gasteiger partial charge in [0.05, 0.1) is 22.8 Å². The normalized spacial score (nSPS) is 10.2. The van der Waals surface area contributed by atoms with Crippen molar-refractivity contribution >= 4 is 35.0 Å². The summed E-state index contributed by atoms with van der Waals surface area (Å²) in [5, 5.41) is 13.4. The van der Waals surface area contributed by atoms with Crippen LogP contribution in [0.3, 0.4) is 0 Å². The van der Waals surface area contributed by atoms with Crippen molar-refractivity contribution in [2.24, 2.45) is 0 Å². The number of thioether (sulfide) groups is 1. The molecule has 0 bridgehead atoms. The molecule has 1 N–H and O–H groups in total. The minimum atomic E-state index is -0.447. The van der Waals surface area contributed by atoms with Gasteiger partial charge in [0.1, 0.15) is 0 Å². The van der Waals surface area contributed by atoms with Gasteiger partial charge in [-0.15, -0.1) is 11.8 Å². The summed E-state index contributed by atoms with van der Waals surface area (Å²) in [6.07, 6.45) is 0. The second-order valence-electron chi connectivity index (χ2n) is 5.26. The highest BCUT2D eigenvalue weighted by molar-refractivity contribution is 7.99. The van der Waals surface area contributed by atoms with Gasteiger partial charge in [-0.3, -0.25) is 14.9 Å². The molecule has 2 aromatic rings. The van der Waals surface area contributed by atoms with Crippen molar-refractivity contribution in [3.05, 3.63) is 69.8 Å². The van der Waals surface area contributed by atoms with E-state index >= 15 is 0 Å². The van der Waals surface area contributed by atoms with Crippen molar-refractivity contribution in [2.75, 3.05) is 17.7 Å². The van der Waals surface area contributed by atoms with Crippen molar-refractivity contribution in [3.63, 3.8) is 0 Å². The quantitative estimate of drug-likeness (QED) is 0.430. The Morgan fingerprint density at radius 1 is 1.12 bits per heavy atom. The molecule has 0 radical (unpaired) electrons. The Labute approximate surface area is 154 Å². The number of amides is 1. The topological polar surface area (TPSA) is 98.5 Å². The third-order valence-corrected chi connectivity index (χ3v) is 4.33. The molecule has 2 aromatic carbocycles. The first-order valence-corrected chi connectivity index (χ1v) is 9.03. The zero-order valence-corrected chi connectivity index (χ0v) is 15.0. The fraction of sp³-hybridized carbons (Fsp3) is 0.222. The van der Waals surface area contributed by atoms with Gasteiger partial charge in [-0.05, 0) is 36.8 Å². The molecule has 0 heterocycles. The summed E-state index contributed by atoms with van der Waals surface area (Å²) in [5.74, 6) is 0.258. The van der Waals surface area contributed by atoms with E-state index in [-0.39, 0.29) is 17.3 Å². The van der Waals surface area contributed by atoms with Crippen LogP contribution in [0, 0.1) is 10.1 Å². The number of benzene rings is 2. The fourth-order valence-corrected chi connectivity index (χ4v) is 2.86. The maximum atomic E-state index is 12.0. The van der Waals surface area contributed by atoms with Crippen LogP contribution in [0.1, 0.15) is 22.8 Å². The Kier molecular flexibility index (Phi) is 7.16. The zero-order valence-electron chi connectivity index (χ0n) is 14.1. The number of anilines is 1. The van der Waals surface area contributed by atoms with E-state index < -0.39 is 10.9 Å². The Morgan fingerprint density at radius 2 is 1.77 bits per heavy atom. The zero-order chi connectivity index (χ0) is 18.9. The first kappa shape index (κ1) is 19.5. The van der Waals surface area contributed by atoms with E-state index in [2.05, 4.69) is 5.32 Å². The minimum absolute atomic E-state index is 0.0442. The van der Waals surface area contributed by atoms with E-state index in [4.69, 9.17) is 4.74 Å². The first-order chi connectivity index (χ1) is 12.5. The predicted octanol–water partition coefficient (Wildman–Crippen LogP) is 3.64. The largest absolute Gasteiger partial charge is 0.462 e. The maximum Gasteiger partial charge on any atom is 0.338 e. The number of carbonyl (C=O) groups excluding carboxylic acids is 2. The lowest BCUT2D eigenvalue weighted by Gasteiger charge is -2.07. The molecule has 2 rings (SSSR count). The average molecular weight is 374 g/mol. The van der Waals surface area contributed by atoms with E-state index in [1.165, 1.54) is 23.9 Å².